The number of likely N-dealkylation sites (tertiary alicyclic amines) is 1. The first-order chi connectivity index (χ1) is 16.5. The van der Waals surface area contributed by atoms with Crippen molar-refractivity contribution in [1.82, 2.24) is 9.96 Å². The van der Waals surface area contributed by atoms with Crippen molar-refractivity contribution in [2.75, 3.05) is 20.7 Å². The van der Waals surface area contributed by atoms with Gasteiger partial charge in [-0.05, 0) is 23.1 Å². The average molecular weight is 477 g/mol. The first-order valence-electron chi connectivity index (χ1n) is 11.1. The predicted molar refractivity (Wildman–Crippen MR) is 134 cm³/mol. The smallest absolute Gasteiger partial charge is 0.408 e. The van der Waals surface area contributed by atoms with Crippen LogP contribution in [0.25, 0.3) is 0 Å². The summed E-state index contributed by atoms with van der Waals surface area (Å²) in [5.74, 6) is -0.363. The zero-order valence-electron chi connectivity index (χ0n) is 19.2. The molecule has 34 heavy (non-hydrogen) atoms. The number of hydroxylamine groups is 2. The van der Waals surface area contributed by atoms with E-state index in [1.54, 1.807) is 11.8 Å². The van der Waals surface area contributed by atoms with Gasteiger partial charge >= 0.3 is 6.09 Å². The zero-order valence-corrected chi connectivity index (χ0v) is 20.0. The van der Waals surface area contributed by atoms with Crippen molar-refractivity contribution in [3.63, 3.8) is 0 Å². The van der Waals surface area contributed by atoms with E-state index in [4.69, 9.17) is 4.84 Å². The van der Waals surface area contributed by atoms with Crippen molar-refractivity contribution in [2.24, 2.45) is 0 Å². The number of hydrogen-bond donors (Lipinski definition) is 1. The lowest BCUT2D eigenvalue weighted by molar-refractivity contribution is -0.173. The Morgan fingerprint density at radius 1 is 0.912 bits per heavy atom. The number of rotatable bonds is 7. The molecule has 0 radical (unpaired) electrons. The van der Waals surface area contributed by atoms with Crippen LogP contribution in [0.1, 0.15) is 23.1 Å². The third-order valence-electron chi connectivity index (χ3n) is 6.26. The largest absolute Gasteiger partial charge is 0.465 e. The number of thioether (sulfide) groups is 1. The van der Waals surface area contributed by atoms with Crippen LogP contribution in [0.2, 0.25) is 0 Å². The third kappa shape index (κ3) is 4.54. The first kappa shape index (κ1) is 23.9. The fourth-order valence-electron chi connectivity index (χ4n) is 4.60. The van der Waals surface area contributed by atoms with Crippen LogP contribution in [-0.2, 0) is 14.4 Å². The van der Waals surface area contributed by atoms with Crippen molar-refractivity contribution in [1.29, 1.82) is 0 Å². The zero-order chi connectivity index (χ0) is 24.1. The Morgan fingerprint density at radius 2 is 1.35 bits per heavy atom. The lowest BCUT2D eigenvalue weighted by Crippen LogP contribution is -2.45. The number of hydrogen-bond acceptors (Lipinski definition) is 4. The van der Waals surface area contributed by atoms with Crippen molar-refractivity contribution in [3.8, 4) is 0 Å². The molecule has 3 aromatic rings. The Hall–Kier alpha value is -3.29. The monoisotopic (exact) mass is 476 g/mol. The summed E-state index contributed by atoms with van der Waals surface area (Å²) in [4.78, 5) is 31.2. The molecule has 0 unspecified atom stereocenters. The maximum absolute atomic E-state index is 12.9. The molecule has 2 atom stereocenters. The topological polar surface area (TPSA) is 70.1 Å². The van der Waals surface area contributed by atoms with Gasteiger partial charge in [-0.2, -0.15) is 0 Å². The minimum Gasteiger partial charge on any atom is -0.465 e. The van der Waals surface area contributed by atoms with Gasteiger partial charge in [-0.15, -0.1) is 11.8 Å². The predicted octanol–water partition coefficient (Wildman–Crippen LogP) is 4.85. The van der Waals surface area contributed by atoms with Crippen LogP contribution in [0.5, 0.6) is 0 Å². The average Bonchev–Trinajstić information content (AvgIpc) is 3.32. The van der Waals surface area contributed by atoms with Crippen molar-refractivity contribution in [3.05, 3.63) is 108 Å². The Kier molecular flexibility index (Phi) is 7.24. The van der Waals surface area contributed by atoms with E-state index in [1.165, 1.54) is 19.1 Å². The molecule has 1 saturated heterocycles. The first-order valence-corrected chi connectivity index (χ1v) is 12.0. The fraction of sp³-hybridized carbons (Fsp3) is 0.259. The van der Waals surface area contributed by atoms with Gasteiger partial charge in [0.25, 0.3) is 5.91 Å². The summed E-state index contributed by atoms with van der Waals surface area (Å²) in [6.45, 7) is 0.252. The van der Waals surface area contributed by atoms with Crippen LogP contribution in [0.15, 0.2) is 91.0 Å². The van der Waals surface area contributed by atoms with Gasteiger partial charge in [0.05, 0.1) is 11.9 Å². The van der Waals surface area contributed by atoms with Gasteiger partial charge in [-0.1, -0.05) is 91.0 Å². The van der Waals surface area contributed by atoms with E-state index in [1.807, 2.05) is 54.6 Å². The second-order valence-electron chi connectivity index (χ2n) is 8.22. The quantitative estimate of drug-likeness (QED) is 0.390. The molecule has 1 fully saturated rings. The highest BCUT2D eigenvalue weighted by Gasteiger charge is 2.46. The minimum absolute atomic E-state index is 0.115. The molecule has 2 amide bonds. The van der Waals surface area contributed by atoms with E-state index in [9.17, 15) is 14.7 Å². The highest BCUT2D eigenvalue weighted by molar-refractivity contribution is 8.01. The molecule has 1 aliphatic rings. The maximum Gasteiger partial charge on any atom is 0.408 e. The third-order valence-corrected chi connectivity index (χ3v) is 8.00. The van der Waals surface area contributed by atoms with Crippen LogP contribution in [0.4, 0.5) is 4.79 Å². The molecule has 1 heterocycles. The van der Waals surface area contributed by atoms with Crippen molar-refractivity contribution in [2.45, 2.75) is 22.5 Å². The Labute approximate surface area is 204 Å². The molecule has 0 spiro atoms. The molecular formula is C27H28N2O4S. The summed E-state index contributed by atoms with van der Waals surface area (Å²) in [5.41, 5.74) is 3.30. The second kappa shape index (κ2) is 10.3. The standard InChI is InChI=1S/C27H28N2O4S/c1-28(33-2)25(30)24-18-23(19-29(24)26(31)32)34-27(20-12-6-3-7-13-20,21-14-8-4-9-15-21)22-16-10-5-11-17-22/h3-17,23-24H,18-19H2,1-2H3,(H,31,32)/t23-,24-/m0/s1. The van der Waals surface area contributed by atoms with Gasteiger partial charge in [-0.3, -0.25) is 14.5 Å². The molecule has 6 nitrogen and oxygen atoms in total. The molecular weight excluding hydrogens is 448 g/mol. The summed E-state index contributed by atoms with van der Waals surface area (Å²) in [7, 11) is 2.90. The molecule has 7 heteroatoms. The Balaban J connectivity index is 1.81. The summed E-state index contributed by atoms with van der Waals surface area (Å²) in [5, 5.41) is 10.8. The van der Waals surface area contributed by atoms with Gasteiger partial charge in [0, 0.05) is 18.8 Å². The van der Waals surface area contributed by atoms with E-state index >= 15 is 0 Å². The highest BCUT2D eigenvalue weighted by atomic mass is 32.2. The molecule has 4 rings (SSSR count). The van der Waals surface area contributed by atoms with Gasteiger partial charge in [-0.25, -0.2) is 9.86 Å². The molecule has 1 aliphatic heterocycles. The van der Waals surface area contributed by atoms with Crippen LogP contribution in [0, 0.1) is 0 Å². The minimum atomic E-state index is -1.10. The molecule has 3 aromatic carbocycles. The number of amides is 2. The maximum atomic E-state index is 12.9. The van der Waals surface area contributed by atoms with Gasteiger partial charge in [0.1, 0.15) is 6.04 Å². The summed E-state index contributed by atoms with van der Waals surface area (Å²) < 4.78 is -0.580. The number of carbonyl (C=O) groups excluding carboxylic acids is 1. The SMILES string of the molecule is CON(C)C(=O)[C@@H]1C[C@H](SC(c2ccccc2)(c2ccccc2)c2ccccc2)CN1C(=O)O. The van der Waals surface area contributed by atoms with Gasteiger partial charge in [0.2, 0.25) is 0 Å². The second-order valence-corrected chi connectivity index (χ2v) is 9.74. The van der Waals surface area contributed by atoms with Crippen LogP contribution in [-0.4, -0.2) is 59.1 Å². The summed E-state index contributed by atoms with van der Waals surface area (Å²) >= 11 is 1.70. The Bertz CT molecular complexity index is 1010. The number of carbonyl (C=O) groups is 2. The number of nitrogens with zero attached hydrogens (tertiary/aromatic N) is 2. The van der Waals surface area contributed by atoms with E-state index in [2.05, 4.69) is 36.4 Å². The molecule has 176 valence electrons. The normalized spacial score (nSPS) is 18.0. The molecule has 0 aromatic heterocycles. The summed E-state index contributed by atoms with van der Waals surface area (Å²) in [6.07, 6.45) is -0.701. The summed E-state index contributed by atoms with van der Waals surface area (Å²) in [6, 6.07) is 30.0. The highest BCUT2D eigenvalue weighted by Crippen LogP contribution is 2.52. The number of benzene rings is 3. The lowest BCUT2D eigenvalue weighted by Gasteiger charge is -2.37. The lowest BCUT2D eigenvalue weighted by atomic mass is 9.84. The van der Waals surface area contributed by atoms with Gasteiger partial charge in [0.15, 0.2) is 0 Å². The molecule has 0 aliphatic carbocycles. The molecule has 0 saturated carbocycles. The van der Waals surface area contributed by atoms with Crippen LogP contribution < -0.4 is 0 Å². The molecule has 0 bridgehead atoms. The van der Waals surface area contributed by atoms with Crippen molar-refractivity contribution >= 4 is 23.8 Å². The van der Waals surface area contributed by atoms with Crippen LogP contribution in [0.3, 0.4) is 0 Å². The van der Waals surface area contributed by atoms with E-state index in [-0.39, 0.29) is 17.7 Å². The van der Waals surface area contributed by atoms with Crippen LogP contribution >= 0.6 is 11.8 Å². The number of likely N-dealkylation sites (N-methyl/N-ethyl adjacent to an activating group) is 1. The number of carboxylic acid groups (broad SMARTS) is 1. The molecule has 1 N–H and O–H groups in total. The van der Waals surface area contributed by atoms with E-state index in [0.717, 1.165) is 21.8 Å². The van der Waals surface area contributed by atoms with Crippen molar-refractivity contribution < 1.29 is 19.5 Å². The fourth-order valence-corrected chi connectivity index (χ4v) is 6.43. The van der Waals surface area contributed by atoms with Gasteiger partial charge < -0.3 is 5.11 Å². The van der Waals surface area contributed by atoms with E-state index < -0.39 is 16.9 Å². The Morgan fingerprint density at radius 3 is 1.74 bits per heavy atom. The van der Waals surface area contributed by atoms with E-state index in [0.29, 0.717) is 6.42 Å².